The number of fused-ring (bicyclic) bond motifs is 2. The number of carbonyl (C=O) groups is 1. The van der Waals surface area contributed by atoms with Crippen LogP contribution in [-0.2, 0) is 4.79 Å². The normalized spacial score (nSPS) is 43.7. The van der Waals surface area contributed by atoms with E-state index in [0.717, 1.165) is 6.42 Å². The third kappa shape index (κ3) is 2.08. The number of rotatable bonds is 2. The molecule has 1 unspecified atom stereocenters. The summed E-state index contributed by atoms with van der Waals surface area (Å²) in [5.74, 6) is -3.07. The van der Waals surface area contributed by atoms with Crippen molar-refractivity contribution in [1.82, 2.24) is 5.32 Å². The van der Waals surface area contributed by atoms with Crippen LogP contribution in [-0.4, -0.2) is 27.8 Å². The van der Waals surface area contributed by atoms with E-state index in [9.17, 15) is 13.6 Å². The topological polar surface area (TPSA) is 41.5 Å². The minimum absolute atomic E-state index is 0.0203. The van der Waals surface area contributed by atoms with Crippen LogP contribution in [0.25, 0.3) is 0 Å². The molecule has 0 saturated heterocycles. The lowest BCUT2D eigenvalue weighted by atomic mass is 9.92. The second-order valence-electron chi connectivity index (χ2n) is 6.05. The van der Waals surface area contributed by atoms with Crippen LogP contribution in [0.4, 0.5) is 8.78 Å². The molecule has 3 nitrogen and oxygen atoms in total. The molecule has 1 N–H and O–H groups in total. The van der Waals surface area contributed by atoms with E-state index in [2.05, 4.69) is 10.3 Å². The van der Waals surface area contributed by atoms with Gasteiger partial charge in [-0.25, -0.2) is 8.78 Å². The Morgan fingerprint density at radius 1 is 1.47 bits per heavy atom. The smallest absolute Gasteiger partial charge is 0.264 e. The van der Waals surface area contributed by atoms with Crippen molar-refractivity contribution < 1.29 is 13.6 Å². The molecule has 2 fully saturated rings. The van der Waals surface area contributed by atoms with Crippen molar-refractivity contribution in [3.8, 4) is 0 Å². The van der Waals surface area contributed by atoms with Crippen LogP contribution < -0.4 is 5.32 Å². The van der Waals surface area contributed by atoms with Crippen LogP contribution in [0.3, 0.4) is 0 Å². The molecule has 3 aliphatic rings. The quantitative estimate of drug-likeness (QED) is 0.849. The van der Waals surface area contributed by atoms with Gasteiger partial charge in [0.25, 0.3) is 11.8 Å². The summed E-state index contributed by atoms with van der Waals surface area (Å²) < 4.78 is 26.4. The summed E-state index contributed by atoms with van der Waals surface area (Å²) in [7, 11) is 0. The van der Waals surface area contributed by atoms with E-state index < -0.39 is 16.6 Å². The molecular weight excluding hydrogens is 270 g/mol. The van der Waals surface area contributed by atoms with Crippen LogP contribution in [0.5, 0.6) is 0 Å². The van der Waals surface area contributed by atoms with Crippen LogP contribution in [0.1, 0.15) is 39.5 Å². The highest BCUT2D eigenvalue weighted by molar-refractivity contribution is 8.16. The van der Waals surface area contributed by atoms with Gasteiger partial charge in [-0.1, -0.05) is 18.7 Å². The minimum atomic E-state index is -2.48. The van der Waals surface area contributed by atoms with Gasteiger partial charge in [-0.15, -0.1) is 0 Å². The van der Waals surface area contributed by atoms with Gasteiger partial charge in [0.15, 0.2) is 5.17 Å². The van der Waals surface area contributed by atoms with Crippen molar-refractivity contribution in [1.29, 1.82) is 0 Å². The van der Waals surface area contributed by atoms with Crippen molar-refractivity contribution >= 4 is 22.8 Å². The van der Waals surface area contributed by atoms with Crippen molar-refractivity contribution in [2.75, 3.05) is 0 Å². The Hall–Kier alpha value is -0.650. The molecular formula is C13H18F2N2OS. The van der Waals surface area contributed by atoms with Crippen LogP contribution in [0.2, 0.25) is 0 Å². The maximum absolute atomic E-state index is 13.4. The number of nitrogens with zero attached hydrogens (tertiary/aromatic N) is 1. The zero-order valence-electron chi connectivity index (χ0n) is 11.1. The lowest BCUT2D eigenvalue weighted by Gasteiger charge is -2.29. The summed E-state index contributed by atoms with van der Waals surface area (Å²) >= 11 is 1.44. The van der Waals surface area contributed by atoms with E-state index in [4.69, 9.17) is 0 Å². The Kier molecular flexibility index (Phi) is 2.93. The van der Waals surface area contributed by atoms with Gasteiger partial charge >= 0.3 is 0 Å². The van der Waals surface area contributed by atoms with Gasteiger partial charge < -0.3 is 5.32 Å². The molecule has 106 valence electrons. The maximum Gasteiger partial charge on any atom is 0.264 e. The third-order valence-corrected chi connectivity index (χ3v) is 6.10. The number of thioether (sulfide) groups is 1. The van der Waals surface area contributed by atoms with E-state index in [1.807, 2.05) is 13.8 Å². The first kappa shape index (κ1) is 13.3. The Balaban J connectivity index is 1.64. The first-order valence-electron chi connectivity index (χ1n) is 6.80. The molecule has 3 rings (SSSR count). The number of halogens is 2. The summed E-state index contributed by atoms with van der Waals surface area (Å²) in [4.78, 5) is 15.8. The van der Waals surface area contributed by atoms with E-state index in [-0.39, 0.29) is 24.3 Å². The summed E-state index contributed by atoms with van der Waals surface area (Å²) in [6.45, 7) is 3.84. The highest BCUT2D eigenvalue weighted by Gasteiger charge is 2.57. The fourth-order valence-corrected chi connectivity index (χ4v) is 4.37. The van der Waals surface area contributed by atoms with E-state index in [0.29, 0.717) is 18.0 Å². The van der Waals surface area contributed by atoms with Crippen molar-refractivity contribution in [3.05, 3.63) is 0 Å². The number of hydrogen-bond acceptors (Lipinski definition) is 3. The van der Waals surface area contributed by atoms with Gasteiger partial charge in [-0.3, -0.25) is 4.79 Å². The van der Waals surface area contributed by atoms with Gasteiger partial charge in [0.1, 0.15) is 4.75 Å². The van der Waals surface area contributed by atoms with Crippen LogP contribution >= 0.6 is 11.8 Å². The molecule has 0 radical (unpaired) electrons. The van der Waals surface area contributed by atoms with Crippen molar-refractivity contribution in [2.45, 2.75) is 56.2 Å². The number of alkyl halides is 2. The number of amides is 1. The zero-order valence-corrected chi connectivity index (χ0v) is 11.9. The molecule has 0 aromatic carbocycles. The van der Waals surface area contributed by atoms with Gasteiger partial charge in [-0.05, 0) is 32.1 Å². The molecule has 1 heterocycles. The Labute approximate surface area is 115 Å². The third-order valence-electron chi connectivity index (χ3n) is 4.79. The lowest BCUT2D eigenvalue weighted by molar-refractivity contribution is -0.119. The highest BCUT2D eigenvalue weighted by atomic mass is 32.2. The van der Waals surface area contributed by atoms with Crippen molar-refractivity contribution in [3.63, 3.8) is 0 Å². The first-order valence-corrected chi connectivity index (χ1v) is 7.62. The number of amidine groups is 1. The monoisotopic (exact) mass is 288 g/mol. The number of hydrogen-bond donors (Lipinski definition) is 1. The summed E-state index contributed by atoms with van der Waals surface area (Å²) in [6, 6.07) is 0.0582. The van der Waals surface area contributed by atoms with Gasteiger partial charge in [0.05, 0.1) is 0 Å². The highest BCUT2D eigenvalue weighted by Crippen LogP contribution is 2.54. The van der Waals surface area contributed by atoms with E-state index in [1.165, 1.54) is 11.8 Å². The largest absolute Gasteiger partial charge is 0.361 e. The lowest BCUT2D eigenvalue weighted by Crippen LogP contribution is -2.41. The Morgan fingerprint density at radius 3 is 2.68 bits per heavy atom. The van der Waals surface area contributed by atoms with Gasteiger partial charge in [-0.2, -0.15) is 4.99 Å². The number of carbonyl (C=O) groups excluding carboxylic acids is 1. The predicted octanol–water partition coefficient (Wildman–Crippen LogP) is 2.81. The van der Waals surface area contributed by atoms with E-state index >= 15 is 0 Å². The zero-order chi connectivity index (χ0) is 13.8. The summed E-state index contributed by atoms with van der Waals surface area (Å²) in [6.07, 6.45) is 1.79. The molecule has 2 saturated carbocycles. The number of nitrogens with one attached hydrogen (secondary N) is 1. The second kappa shape index (κ2) is 4.17. The molecule has 2 bridgehead atoms. The number of aliphatic imine (C=N–C) groups is 1. The standard InChI is InChI=1S/C13H18F2N2OS/c1-3-12(2)10(18)17-11(19-12)16-9-5-8-4-7(9)6-13(8,14)15/h7-9H,3-6H2,1-2H3,(H,16,17,18)/t7?,8-,9+,12+/m1/s1. The molecule has 0 aromatic rings. The minimum Gasteiger partial charge on any atom is -0.361 e. The maximum atomic E-state index is 13.4. The molecule has 0 spiro atoms. The molecule has 1 amide bonds. The Bertz CT molecular complexity index is 454. The average Bonchev–Trinajstić information content (AvgIpc) is 2.92. The molecule has 2 aliphatic carbocycles. The summed E-state index contributed by atoms with van der Waals surface area (Å²) in [5.41, 5.74) is 0. The fraction of sp³-hybridized carbons (Fsp3) is 0.846. The fourth-order valence-electron chi connectivity index (χ4n) is 3.32. The SMILES string of the molecule is CC[C@]1(C)SC(N[C@H]2C[C@H]3CC2CC3(F)F)=NC1=O. The van der Waals surface area contributed by atoms with Gasteiger partial charge in [0, 0.05) is 18.4 Å². The molecule has 4 atom stereocenters. The van der Waals surface area contributed by atoms with Crippen LogP contribution in [0.15, 0.2) is 4.99 Å². The molecule has 6 heteroatoms. The van der Waals surface area contributed by atoms with Gasteiger partial charge in [0.2, 0.25) is 0 Å². The molecule has 19 heavy (non-hydrogen) atoms. The first-order chi connectivity index (χ1) is 8.84. The molecule has 0 aromatic heterocycles. The average molecular weight is 288 g/mol. The summed E-state index contributed by atoms with van der Waals surface area (Å²) in [5, 5.41) is 3.85. The van der Waals surface area contributed by atoms with E-state index in [1.54, 1.807) is 0 Å². The Morgan fingerprint density at radius 2 is 2.21 bits per heavy atom. The van der Waals surface area contributed by atoms with Crippen LogP contribution in [0, 0.1) is 11.8 Å². The van der Waals surface area contributed by atoms with Crippen molar-refractivity contribution in [2.24, 2.45) is 16.8 Å². The molecule has 1 aliphatic heterocycles. The predicted molar refractivity (Wildman–Crippen MR) is 71.4 cm³/mol. The second-order valence-corrected chi connectivity index (χ2v) is 7.54.